The predicted molar refractivity (Wildman–Crippen MR) is 200 cm³/mol. The molecule has 1 aliphatic rings. The molecule has 0 spiro atoms. The van der Waals surface area contributed by atoms with Gasteiger partial charge in [-0.1, -0.05) is 54.9 Å². The van der Waals surface area contributed by atoms with Crippen molar-refractivity contribution in [3.8, 4) is 0 Å². The number of halogens is 1. The molecule has 1 aromatic rings. The molecule has 0 radical (unpaired) electrons. The molecule has 300 valence electrons. The van der Waals surface area contributed by atoms with Crippen molar-refractivity contribution in [2.24, 2.45) is 23.7 Å². The molecule has 0 aliphatic carbocycles. The lowest BCUT2D eigenvalue weighted by molar-refractivity contribution is -0.147. The summed E-state index contributed by atoms with van der Waals surface area (Å²) in [5.41, 5.74) is 0.270. The van der Waals surface area contributed by atoms with Crippen LogP contribution in [0, 0.1) is 29.5 Å². The van der Waals surface area contributed by atoms with Crippen molar-refractivity contribution >= 4 is 29.4 Å². The number of ketones is 1. The lowest BCUT2D eigenvalue weighted by Gasteiger charge is -2.41. The number of hydrogen-bond acceptors (Lipinski definition) is 9. The summed E-state index contributed by atoms with van der Waals surface area (Å²) in [5, 5.41) is 8.65. The third kappa shape index (κ3) is 12.0. The molecule has 14 heteroatoms. The summed E-state index contributed by atoms with van der Waals surface area (Å²) in [6, 6.07) is 2.77. The third-order valence-corrected chi connectivity index (χ3v) is 10.7. The highest BCUT2D eigenvalue weighted by Crippen LogP contribution is 2.31. The minimum atomic E-state index is -0.798. The van der Waals surface area contributed by atoms with Crippen LogP contribution in [0.25, 0.3) is 0 Å². The second kappa shape index (κ2) is 21.4. The van der Waals surface area contributed by atoms with E-state index in [1.807, 2.05) is 41.5 Å². The van der Waals surface area contributed by atoms with Gasteiger partial charge in [0.15, 0.2) is 5.78 Å². The van der Waals surface area contributed by atoms with Gasteiger partial charge >= 0.3 is 0 Å². The van der Waals surface area contributed by atoms with Gasteiger partial charge in [0.25, 0.3) is 0 Å². The predicted octanol–water partition coefficient (Wildman–Crippen LogP) is 3.05. The van der Waals surface area contributed by atoms with Gasteiger partial charge < -0.3 is 40.0 Å². The van der Waals surface area contributed by atoms with E-state index in [9.17, 15) is 28.4 Å². The van der Waals surface area contributed by atoms with Crippen molar-refractivity contribution in [1.29, 1.82) is 0 Å². The van der Waals surface area contributed by atoms with Crippen molar-refractivity contribution in [2.45, 2.75) is 110 Å². The maximum atomic E-state index is 14.3. The van der Waals surface area contributed by atoms with Crippen LogP contribution in [0.15, 0.2) is 24.3 Å². The van der Waals surface area contributed by atoms with Gasteiger partial charge in [0, 0.05) is 40.5 Å². The number of nitrogens with zero attached hydrogens (tertiary/aromatic N) is 2. The molecule has 0 unspecified atom stereocenters. The molecule has 2 rings (SSSR count). The molecule has 0 saturated carbocycles. The number of likely N-dealkylation sites (N-methyl/N-ethyl adjacent to an activating group) is 2. The second-order valence-electron chi connectivity index (χ2n) is 14.9. The molecule has 13 nitrogen and oxygen atoms in total. The van der Waals surface area contributed by atoms with Crippen molar-refractivity contribution in [2.75, 3.05) is 48.5 Å². The van der Waals surface area contributed by atoms with E-state index in [1.54, 1.807) is 37.9 Å². The minimum Gasteiger partial charge on any atom is -0.380 e. The molecular weight excluding hydrogens is 685 g/mol. The lowest BCUT2D eigenvalue weighted by Crippen LogP contribution is -2.59. The van der Waals surface area contributed by atoms with Gasteiger partial charge in [0.1, 0.15) is 11.9 Å². The van der Waals surface area contributed by atoms with E-state index in [4.69, 9.17) is 14.2 Å². The standard InChI is InChI=1S/C39H64FN5O8/c1-13-24(6)35(44(9)39(50)34(23(4)5)43-38(49)33(41-8)22(2)3)31(52-11)19-32(47)45-21-28(51-10)18-29(45)36(53-12)25(7)37(48)42-20-30(46)26-14-16-27(40)17-15-26/h14-17,22-25,28-29,31,33-36,41H,13,18-21H2,1-12H3,(H,42,48)(H,43,49)/t24-,25+,28+,29-,31+,33-,34-,35-,36+/m0/s1. The molecule has 1 heterocycles. The molecule has 0 bridgehead atoms. The van der Waals surface area contributed by atoms with Crippen molar-refractivity contribution in [3.63, 3.8) is 0 Å². The molecule has 3 N–H and O–H groups in total. The fourth-order valence-corrected chi connectivity index (χ4v) is 7.27. The third-order valence-electron chi connectivity index (χ3n) is 10.7. The summed E-state index contributed by atoms with van der Waals surface area (Å²) in [5.74, 6) is -3.09. The van der Waals surface area contributed by atoms with E-state index >= 15 is 0 Å². The van der Waals surface area contributed by atoms with E-state index in [0.717, 1.165) is 0 Å². The van der Waals surface area contributed by atoms with Crippen LogP contribution in [0.3, 0.4) is 0 Å². The highest BCUT2D eigenvalue weighted by atomic mass is 19.1. The van der Waals surface area contributed by atoms with Gasteiger partial charge in [-0.05, 0) is 55.5 Å². The first-order valence-electron chi connectivity index (χ1n) is 18.7. The van der Waals surface area contributed by atoms with E-state index < -0.39 is 54.0 Å². The van der Waals surface area contributed by atoms with Crippen LogP contribution in [0.5, 0.6) is 0 Å². The number of ether oxygens (including phenoxy) is 3. The van der Waals surface area contributed by atoms with Crippen LogP contribution in [0.4, 0.5) is 4.39 Å². The van der Waals surface area contributed by atoms with E-state index in [2.05, 4.69) is 16.0 Å². The highest BCUT2D eigenvalue weighted by molar-refractivity contribution is 5.99. The van der Waals surface area contributed by atoms with E-state index in [0.29, 0.717) is 12.8 Å². The van der Waals surface area contributed by atoms with Gasteiger partial charge in [-0.3, -0.25) is 24.0 Å². The Bertz CT molecular complexity index is 1360. The maximum absolute atomic E-state index is 14.3. The minimum absolute atomic E-state index is 0.0107. The first-order valence-corrected chi connectivity index (χ1v) is 18.7. The Balaban J connectivity index is 2.29. The van der Waals surface area contributed by atoms with Gasteiger partial charge in [-0.15, -0.1) is 0 Å². The van der Waals surface area contributed by atoms with Crippen LogP contribution >= 0.6 is 0 Å². The Hall–Kier alpha value is -3.46. The Labute approximate surface area is 315 Å². The quantitative estimate of drug-likeness (QED) is 0.161. The lowest BCUT2D eigenvalue weighted by atomic mass is 9.89. The molecule has 1 aliphatic heterocycles. The van der Waals surface area contributed by atoms with Gasteiger partial charge in [-0.2, -0.15) is 0 Å². The van der Waals surface area contributed by atoms with Gasteiger partial charge in [-0.25, -0.2) is 4.39 Å². The molecule has 9 atom stereocenters. The summed E-state index contributed by atoms with van der Waals surface area (Å²) in [4.78, 5) is 70.8. The molecule has 1 aromatic carbocycles. The SMILES string of the molecule is CC[C@H](C)[C@@H]([C@@H](CC(=O)N1C[C@H](OC)C[C@H]1[C@H](OC)[C@@H](C)C(=O)NCC(=O)c1ccc(F)cc1)OC)N(C)C(=O)[C@@H](NC(=O)[C@@H](NC)C(C)C)C(C)C. The summed E-state index contributed by atoms with van der Waals surface area (Å²) in [6.07, 6.45) is -0.694. The van der Waals surface area contributed by atoms with Crippen LogP contribution in [-0.2, 0) is 33.4 Å². The molecule has 1 saturated heterocycles. The number of Topliss-reactive ketones (excluding diaryl/α,β-unsaturated/α-hetero) is 1. The molecule has 53 heavy (non-hydrogen) atoms. The van der Waals surface area contributed by atoms with Crippen molar-refractivity contribution < 1.29 is 42.6 Å². The topological polar surface area (TPSA) is 156 Å². The average molecular weight is 750 g/mol. The van der Waals surface area contributed by atoms with E-state index in [-0.39, 0.29) is 72.4 Å². The summed E-state index contributed by atoms with van der Waals surface area (Å²) in [6.45, 7) is 13.3. The zero-order valence-electron chi connectivity index (χ0n) is 33.7. The zero-order valence-corrected chi connectivity index (χ0v) is 33.7. The first kappa shape index (κ1) is 45.7. The van der Waals surface area contributed by atoms with Crippen LogP contribution < -0.4 is 16.0 Å². The monoisotopic (exact) mass is 749 g/mol. The number of amides is 4. The van der Waals surface area contributed by atoms with E-state index in [1.165, 1.54) is 38.5 Å². The molecule has 4 amide bonds. The molecule has 0 aromatic heterocycles. The highest BCUT2D eigenvalue weighted by Gasteiger charge is 2.45. The van der Waals surface area contributed by atoms with Gasteiger partial charge in [0.05, 0.1) is 55.3 Å². The second-order valence-corrected chi connectivity index (χ2v) is 14.9. The molecule has 1 fully saturated rings. The number of likely N-dealkylation sites (tertiary alicyclic amines) is 1. The molecular formula is C39H64FN5O8. The fraction of sp³-hybridized carbons (Fsp3) is 0.718. The Morgan fingerprint density at radius 2 is 1.53 bits per heavy atom. The Kier molecular flexibility index (Phi) is 18.5. The summed E-state index contributed by atoms with van der Waals surface area (Å²) < 4.78 is 30.8. The summed E-state index contributed by atoms with van der Waals surface area (Å²) >= 11 is 0. The number of carbonyl (C=O) groups is 5. The first-order chi connectivity index (χ1) is 25.0. The summed E-state index contributed by atoms with van der Waals surface area (Å²) in [7, 11) is 7.96. The number of hydrogen-bond donors (Lipinski definition) is 3. The van der Waals surface area contributed by atoms with Crippen LogP contribution in [-0.4, -0.2) is 130 Å². The number of rotatable bonds is 21. The fourth-order valence-electron chi connectivity index (χ4n) is 7.27. The average Bonchev–Trinajstić information content (AvgIpc) is 3.56. The zero-order chi connectivity index (χ0) is 40.2. The normalized spacial score (nSPS) is 19.9. The number of methoxy groups -OCH3 is 3. The van der Waals surface area contributed by atoms with Crippen LogP contribution in [0.2, 0.25) is 0 Å². The largest absolute Gasteiger partial charge is 0.380 e. The maximum Gasteiger partial charge on any atom is 0.245 e. The number of benzene rings is 1. The smallest absolute Gasteiger partial charge is 0.245 e. The Morgan fingerprint density at radius 1 is 0.925 bits per heavy atom. The number of nitrogens with one attached hydrogen (secondary N) is 3. The Morgan fingerprint density at radius 3 is 2.02 bits per heavy atom. The number of carbonyl (C=O) groups excluding carboxylic acids is 5. The van der Waals surface area contributed by atoms with Crippen molar-refractivity contribution in [1.82, 2.24) is 25.8 Å². The van der Waals surface area contributed by atoms with Gasteiger partial charge in [0.2, 0.25) is 23.6 Å². The van der Waals surface area contributed by atoms with Crippen LogP contribution in [0.1, 0.15) is 78.1 Å². The van der Waals surface area contributed by atoms with Crippen molar-refractivity contribution in [3.05, 3.63) is 35.6 Å².